The molecule has 0 spiro atoms. The molecule has 6 heteroatoms. The predicted octanol–water partition coefficient (Wildman–Crippen LogP) is 5.11. The van der Waals surface area contributed by atoms with Crippen LogP contribution in [0.3, 0.4) is 0 Å². The van der Waals surface area contributed by atoms with E-state index in [-0.39, 0.29) is 6.10 Å². The van der Waals surface area contributed by atoms with E-state index in [9.17, 15) is 0 Å². The maximum atomic E-state index is 5.69. The Morgan fingerprint density at radius 3 is 2.52 bits per heavy atom. The number of imidazole rings is 1. The van der Waals surface area contributed by atoms with Crippen molar-refractivity contribution >= 4 is 28.5 Å². The fourth-order valence-corrected chi connectivity index (χ4v) is 3.14. The molecule has 0 bridgehead atoms. The molecule has 4 aromatic rings. The van der Waals surface area contributed by atoms with Crippen molar-refractivity contribution in [2.75, 3.05) is 10.6 Å². The van der Waals surface area contributed by atoms with Crippen LogP contribution in [-0.4, -0.2) is 20.6 Å². The molecule has 0 aliphatic heterocycles. The zero-order valence-corrected chi connectivity index (χ0v) is 16.9. The summed E-state index contributed by atoms with van der Waals surface area (Å²) >= 11 is 0. The third kappa shape index (κ3) is 4.48. The van der Waals surface area contributed by atoms with Crippen molar-refractivity contribution in [1.29, 1.82) is 0 Å². The first kappa shape index (κ1) is 18.8. The summed E-state index contributed by atoms with van der Waals surface area (Å²) in [5, 5.41) is 6.74. The van der Waals surface area contributed by atoms with Gasteiger partial charge in [0.1, 0.15) is 17.1 Å². The van der Waals surface area contributed by atoms with Gasteiger partial charge in [-0.15, -0.1) is 0 Å². The number of benzene rings is 2. The Labute approximate surface area is 170 Å². The molecule has 0 radical (unpaired) electrons. The van der Waals surface area contributed by atoms with Crippen molar-refractivity contribution in [3.63, 3.8) is 0 Å². The summed E-state index contributed by atoms with van der Waals surface area (Å²) in [4.78, 5) is 9.16. The molecule has 2 heterocycles. The molecule has 0 atom stereocenters. The number of pyridine rings is 1. The minimum Gasteiger partial charge on any atom is -0.491 e. The van der Waals surface area contributed by atoms with E-state index >= 15 is 0 Å². The molecule has 0 amide bonds. The molecule has 29 heavy (non-hydrogen) atoms. The molecule has 148 valence electrons. The maximum absolute atomic E-state index is 5.69. The number of aryl methyl sites for hydroxylation is 1. The van der Waals surface area contributed by atoms with Crippen LogP contribution in [-0.2, 0) is 13.6 Å². The summed E-state index contributed by atoms with van der Waals surface area (Å²) in [6.45, 7) is 4.76. The summed E-state index contributed by atoms with van der Waals surface area (Å²) in [5.74, 6) is 2.44. The van der Waals surface area contributed by atoms with Crippen molar-refractivity contribution in [3.8, 4) is 5.75 Å². The molecule has 0 aliphatic carbocycles. The SMILES string of the molecule is CC(C)Oc1ccc(Nc2cc3c(cn2)nc(NCc2ccccc2)n3C)cc1. The van der Waals surface area contributed by atoms with E-state index < -0.39 is 0 Å². The van der Waals surface area contributed by atoms with E-state index in [0.717, 1.165) is 40.8 Å². The van der Waals surface area contributed by atoms with Gasteiger partial charge in [-0.3, -0.25) is 0 Å². The zero-order chi connectivity index (χ0) is 20.2. The van der Waals surface area contributed by atoms with E-state index in [4.69, 9.17) is 4.74 Å². The van der Waals surface area contributed by atoms with Crippen molar-refractivity contribution in [2.24, 2.45) is 7.05 Å². The Balaban J connectivity index is 1.49. The van der Waals surface area contributed by atoms with Crippen LogP contribution in [0.2, 0.25) is 0 Å². The van der Waals surface area contributed by atoms with Crippen molar-refractivity contribution < 1.29 is 4.74 Å². The molecule has 6 nitrogen and oxygen atoms in total. The van der Waals surface area contributed by atoms with E-state index in [0.29, 0.717) is 0 Å². The highest BCUT2D eigenvalue weighted by atomic mass is 16.5. The molecular weight excluding hydrogens is 362 g/mol. The van der Waals surface area contributed by atoms with Gasteiger partial charge in [0.15, 0.2) is 0 Å². The number of fused-ring (bicyclic) bond motifs is 1. The number of anilines is 3. The molecule has 0 saturated carbocycles. The van der Waals surface area contributed by atoms with Gasteiger partial charge in [0.05, 0.1) is 17.8 Å². The lowest BCUT2D eigenvalue weighted by Crippen LogP contribution is -2.05. The lowest BCUT2D eigenvalue weighted by molar-refractivity contribution is 0.242. The van der Waals surface area contributed by atoms with Crippen LogP contribution in [0.25, 0.3) is 11.0 Å². The van der Waals surface area contributed by atoms with Gasteiger partial charge in [0.25, 0.3) is 0 Å². The first-order chi connectivity index (χ1) is 14.1. The maximum Gasteiger partial charge on any atom is 0.203 e. The quantitative estimate of drug-likeness (QED) is 0.461. The van der Waals surface area contributed by atoms with E-state index in [2.05, 4.69) is 32.7 Å². The highest BCUT2D eigenvalue weighted by Crippen LogP contribution is 2.24. The van der Waals surface area contributed by atoms with Gasteiger partial charge >= 0.3 is 0 Å². The van der Waals surface area contributed by atoms with Gasteiger partial charge in [-0.2, -0.15) is 0 Å². The molecule has 0 saturated heterocycles. The summed E-state index contributed by atoms with van der Waals surface area (Å²) < 4.78 is 7.73. The average molecular weight is 387 g/mol. The van der Waals surface area contributed by atoms with E-state index in [1.165, 1.54) is 5.56 Å². The lowest BCUT2D eigenvalue weighted by Gasteiger charge is -2.11. The van der Waals surface area contributed by atoms with Gasteiger partial charge in [-0.05, 0) is 43.7 Å². The smallest absolute Gasteiger partial charge is 0.203 e. The third-order valence-corrected chi connectivity index (χ3v) is 4.56. The fraction of sp³-hybridized carbons (Fsp3) is 0.217. The molecular formula is C23H25N5O. The highest BCUT2D eigenvalue weighted by Gasteiger charge is 2.09. The van der Waals surface area contributed by atoms with Crippen LogP contribution >= 0.6 is 0 Å². The molecule has 0 aliphatic rings. The number of ether oxygens (including phenoxy) is 1. The molecule has 0 unspecified atom stereocenters. The van der Waals surface area contributed by atoms with Crippen molar-refractivity contribution in [1.82, 2.24) is 14.5 Å². The first-order valence-corrected chi connectivity index (χ1v) is 9.72. The fourth-order valence-electron chi connectivity index (χ4n) is 3.14. The van der Waals surface area contributed by atoms with Crippen LogP contribution in [0.1, 0.15) is 19.4 Å². The topological polar surface area (TPSA) is 64.0 Å². The first-order valence-electron chi connectivity index (χ1n) is 9.72. The van der Waals surface area contributed by atoms with Crippen molar-refractivity contribution in [3.05, 3.63) is 72.4 Å². The Kier molecular flexibility index (Phi) is 5.33. The highest BCUT2D eigenvalue weighted by molar-refractivity contribution is 5.81. The summed E-state index contributed by atoms with van der Waals surface area (Å²) in [6.07, 6.45) is 1.95. The zero-order valence-electron chi connectivity index (χ0n) is 16.9. The molecule has 2 aromatic carbocycles. The second-order valence-electron chi connectivity index (χ2n) is 7.21. The second kappa shape index (κ2) is 8.22. The number of aromatic nitrogens is 3. The summed E-state index contributed by atoms with van der Waals surface area (Å²) in [5.41, 5.74) is 4.04. The standard InChI is InChI=1S/C23H25N5O/c1-16(2)29-19-11-9-18(10-12-19)26-22-13-21-20(15-24-22)27-23(28(21)3)25-14-17-7-5-4-6-8-17/h4-13,15-16H,14H2,1-3H3,(H,24,26)(H,25,27). The lowest BCUT2D eigenvalue weighted by atomic mass is 10.2. The number of nitrogens with zero attached hydrogens (tertiary/aromatic N) is 3. The minimum atomic E-state index is 0.160. The van der Waals surface area contributed by atoms with Gasteiger partial charge < -0.3 is 19.9 Å². The molecule has 2 aromatic heterocycles. The summed E-state index contributed by atoms with van der Waals surface area (Å²) in [7, 11) is 2.00. The predicted molar refractivity (Wildman–Crippen MR) is 118 cm³/mol. The van der Waals surface area contributed by atoms with E-state index in [1.54, 1.807) is 6.20 Å². The number of hydrogen-bond donors (Lipinski definition) is 2. The van der Waals surface area contributed by atoms with E-state index in [1.807, 2.05) is 74.0 Å². The number of rotatable bonds is 7. The second-order valence-corrected chi connectivity index (χ2v) is 7.21. The van der Waals surface area contributed by atoms with Gasteiger partial charge in [0.2, 0.25) is 5.95 Å². The van der Waals surface area contributed by atoms with Gasteiger partial charge in [-0.25, -0.2) is 9.97 Å². The summed E-state index contributed by atoms with van der Waals surface area (Å²) in [6, 6.07) is 20.2. The Hall–Kier alpha value is -3.54. The van der Waals surface area contributed by atoms with Crippen LogP contribution in [0, 0.1) is 0 Å². The Bertz CT molecular complexity index is 1090. The van der Waals surface area contributed by atoms with Gasteiger partial charge in [0, 0.05) is 25.3 Å². The van der Waals surface area contributed by atoms with Crippen LogP contribution < -0.4 is 15.4 Å². The van der Waals surface area contributed by atoms with Crippen LogP contribution in [0.15, 0.2) is 66.9 Å². The average Bonchev–Trinajstić information content (AvgIpc) is 3.04. The monoisotopic (exact) mass is 387 g/mol. The molecule has 2 N–H and O–H groups in total. The molecule has 0 fully saturated rings. The number of hydrogen-bond acceptors (Lipinski definition) is 5. The Morgan fingerprint density at radius 1 is 1.03 bits per heavy atom. The molecule has 4 rings (SSSR count). The van der Waals surface area contributed by atoms with Crippen LogP contribution in [0.4, 0.5) is 17.5 Å². The number of nitrogens with one attached hydrogen (secondary N) is 2. The third-order valence-electron chi connectivity index (χ3n) is 4.56. The largest absolute Gasteiger partial charge is 0.491 e. The minimum absolute atomic E-state index is 0.160. The van der Waals surface area contributed by atoms with Gasteiger partial charge in [-0.1, -0.05) is 30.3 Å². The Morgan fingerprint density at radius 2 is 1.79 bits per heavy atom. The van der Waals surface area contributed by atoms with Crippen molar-refractivity contribution in [2.45, 2.75) is 26.5 Å². The normalized spacial score (nSPS) is 11.0. The van der Waals surface area contributed by atoms with Crippen LogP contribution in [0.5, 0.6) is 5.75 Å².